The molecule has 0 aliphatic heterocycles. The first-order chi connectivity index (χ1) is 18.3. The summed E-state index contributed by atoms with van der Waals surface area (Å²) in [6.45, 7) is 4.27. The zero-order valence-corrected chi connectivity index (χ0v) is 23.2. The first-order valence-electron chi connectivity index (χ1n) is 12.4. The number of hydrogen-bond acceptors (Lipinski definition) is 4. The van der Waals surface area contributed by atoms with Gasteiger partial charge in [-0.25, -0.2) is 17.2 Å². The standard InChI is InChI=1S/C29H33F2N3O4S/c1-29(2,3)32-28(36)26(18-21-12-6-5-7-13-21)33(19-22-14-8-9-15-23(22)30)27(35)20-34(39(4,37)38)25-17-11-10-16-24(25)31/h5-17,26H,18-20H2,1-4H3,(H,32,36)/t26-/m1/s1. The number of anilines is 1. The van der Waals surface area contributed by atoms with Crippen LogP contribution >= 0.6 is 0 Å². The lowest BCUT2D eigenvalue weighted by Gasteiger charge is -2.35. The molecule has 208 valence electrons. The van der Waals surface area contributed by atoms with Crippen LogP contribution in [0.2, 0.25) is 0 Å². The van der Waals surface area contributed by atoms with E-state index in [1.807, 2.05) is 6.07 Å². The number of nitrogens with one attached hydrogen (secondary N) is 1. The van der Waals surface area contributed by atoms with Crippen molar-refractivity contribution < 1.29 is 26.8 Å². The minimum absolute atomic E-state index is 0.0848. The number of carbonyl (C=O) groups excluding carboxylic acids is 2. The predicted molar refractivity (Wildman–Crippen MR) is 147 cm³/mol. The second kappa shape index (κ2) is 12.4. The zero-order valence-electron chi connectivity index (χ0n) is 22.4. The summed E-state index contributed by atoms with van der Waals surface area (Å²) >= 11 is 0. The van der Waals surface area contributed by atoms with Crippen LogP contribution in [0.5, 0.6) is 0 Å². The van der Waals surface area contributed by atoms with E-state index in [-0.39, 0.29) is 24.2 Å². The lowest BCUT2D eigenvalue weighted by atomic mass is 10.0. The van der Waals surface area contributed by atoms with E-state index in [1.54, 1.807) is 51.1 Å². The lowest BCUT2D eigenvalue weighted by Crippen LogP contribution is -2.56. The van der Waals surface area contributed by atoms with Gasteiger partial charge in [0, 0.05) is 24.1 Å². The van der Waals surface area contributed by atoms with Crippen LogP contribution in [-0.4, -0.2) is 49.5 Å². The normalized spacial score (nSPS) is 12.5. The molecule has 1 atom stereocenters. The summed E-state index contributed by atoms with van der Waals surface area (Å²) in [4.78, 5) is 28.7. The number of rotatable bonds is 10. The maximum absolute atomic E-state index is 14.8. The summed E-state index contributed by atoms with van der Waals surface area (Å²) in [5, 5.41) is 2.88. The Hall–Kier alpha value is -3.79. The van der Waals surface area contributed by atoms with E-state index in [4.69, 9.17) is 0 Å². The van der Waals surface area contributed by atoms with Crippen LogP contribution in [0.25, 0.3) is 0 Å². The summed E-state index contributed by atoms with van der Waals surface area (Å²) < 4.78 is 55.4. The van der Waals surface area contributed by atoms with Gasteiger partial charge < -0.3 is 10.2 Å². The van der Waals surface area contributed by atoms with E-state index in [2.05, 4.69) is 5.32 Å². The summed E-state index contributed by atoms with van der Waals surface area (Å²) in [6, 6.07) is 18.9. The average Bonchev–Trinajstić information content (AvgIpc) is 2.85. The monoisotopic (exact) mass is 557 g/mol. The highest BCUT2D eigenvalue weighted by molar-refractivity contribution is 7.92. The molecule has 0 radical (unpaired) electrons. The maximum atomic E-state index is 14.8. The Labute approximate surface area is 228 Å². The predicted octanol–water partition coefficient (Wildman–Crippen LogP) is 4.29. The summed E-state index contributed by atoms with van der Waals surface area (Å²) in [5.74, 6) is -2.70. The van der Waals surface area contributed by atoms with Gasteiger partial charge in [0.2, 0.25) is 21.8 Å². The van der Waals surface area contributed by atoms with E-state index in [1.165, 1.54) is 36.4 Å². The number of halogens is 2. The van der Waals surface area contributed by atoms with Gasteiger partial charge in [-0.2, -0.15) is 0 Å². The molecule has 0 unspecified atom stereocenters. The Morgan fingerprint density at radius 1 is 0.872 bits per heavy atom. The number of amides is 2. The highest BCUT2D eigenvalue weighted by Crippen LogP contribution is 2.23. The fourth-order valence-corrected chi connectivity index (χ4v) is 4.92. The van der Waals surface area contributed by atoms with Gasteiger partial charge in [0.1, 0.15) is 24.2 Å². The van der Waals surface area contributed by atoms with Crippen molar-refractivity contribution in [1.29, 1.82) is 0 Å². The lowest BCUT2D eigenvalue weighted by molar-refractivity contribution is -0.140. The molecule has 3 aromatic carbocycles. The van der Waals surface area contributed by atoms with Crippen molar-refractivity contribution >= 4 is 27.5 Å². The Balaban J connectivity index is 2.10. The second-order valence-electron chi connectivity index (χ2n) is 10.3. The molecular weight excluding hydrogens is 524 g/mol. The number of nitrogens with zero attached hydrogens (tertiary/aromatic N) is 2. The van der Waals surface area contributed by atoms with Crippen molar-refractivity contribution in [2.24, 2.45) is 0 Å². The molecule has 1 N–H and O–H groups in total. The molecule has 0 saturated carbocycles. The molecule has 0 fully saturated rings. The molecule has 0 saturated heterocycles. The van der Waals surface area contributed by atoms with Gasteiger partial charge in [0.05, 0.1) is 11.9 Å². The molecule has 0 spiro atoms. The number of sulfonamides is 1. The summed E-state index contributed by atoms with van der Waals surface area (Å²) in [5.41, 5.74) is -0.0702. The quantitative estimate of drug-likeness (QED) is 0.403. The van der Waals surface area contributed by atoms with Crippen molar-refractivity contribution in [3.63, 3.8) is 0 Å². The zero-order chi connectivity index (χ0) is 28.8. The molecule has 0 aliphatic carbocycles. The van der Waals surface area contributed by atoms with Gasteiger partial charge in [0.25, 0.3) is 0 Å². The van der Waals surface area contributed by atoms with Crippen molar-refractivity contribution in [2.75, 3.05) is 17.1 Å². The Morgan fingerprint density at radius 3 is 2.00 bits per heavy atom. The van der Waals surface area contributed by atoms with E-state index in [9.17, 15) is 26.8 Å². The van der Waals surface area contributed by atoms with Crippen LogP contribution in [0.3, 0.4) is 0 Å². The number of carbonyl (C=O) groups is 2. The molecule has 0 bridgehead atoms. The summed E-state index contributed by atoms with van der Waals surface area (Å²) in [7, 11) is -4.11. The minimum atomic E-state index is -4.11. The third-order valence-corrected chi connectivity index (χ3v) is 6.99. The van der Waals surface area contributed by atoms with Gasteiger partial charge >= 0.3 is 0 Å². The number of benzene rings is 3. The van der Waals surface area contributed by atoms with Crippen LogP contribution in [0.15, 0.2) is 78.9 Å². The minimum Gasteiger partial charge on any atom is -0.350 e. The van der Waals surface area contributed by atoms with Crippen LogP contribution in [0.4, 0.5) is 14.5 Å². The molecule has 2 amide bonds. The van der Waals surface area contributed by atoms with Gasteiger partial charge in [-0.05, 0) is 44.5 Å². The molecule has 0 aromatic heterocycles. The Morgan fingerprint density at radius 2 is 1.44 bits per heavy atom. The van der Waals surface area contributed by atoms with E-state index in [0.29, 0.717) is 4.31 Å². The smallest absolute Gasteiger partial charge is 0.244 e. The summed E-state index contributed by atoms with van der Waals surface area (Å²) in [6.07, 6.45) is 0.948. The van der Waals surface area contributed by atoms with Crippen LogP contribution < -0.4 is 9.62 Å². The molecule has 39 heavy (non-hydrogen) atoms. The second-order valence-corrected chi connectivity index (χ2v) is 12.2. The van der Waals surface area contributed by atoms with Gasteiger partial charge in [-0.3, -0.25) is 13.9 Å². The highest BCUT2D eigenvalue weighted by Gasteiger charge is 2.35. The van der Waals surface area contributed by atoms with E-state index >= 15 is 0 Å². The van der Waals surface area contributed by atoms with E-state index < -0.39 is 51.6 Å². The molecular formula is C29H33F2N3O4S. The fourth-order valence-electron chi connectivity index (χ4n) is 4.07. The number of para-hydroxylation sites is 1. The molecule has 7 nitrogen and oxygen atoms in total. The average molecular weight is 558 g/mol. The third kappa shape index (κ3) is 8.35. The first-order valence-corrected chi connectivity index (χ1v) is 14.2. The van der Waals surface area contributed by atoms with Crippen LogP contribution in [-0.2, 0) is 32.6 Å². The van der Waals surface area contributed by atoms with Crippen molar-refractivity contribution in [3.8, 4) is 0 Å². The van der Waals surface area contributed by atoms with E-state index in [0.717, 1.165) is 22.8 Å². The molecule has 0 aliphatic rings. The fraction of sp³-hybridized carbons (Fsp3) is 0.310. The number of hydrogen-bond donors (Lipinski definition) is 1. The van der Waals surface area contributed by atoms with Crippen molar-refractivity contribution in [1.82, 2.24) is 10.2 Å². The topological polar surface area (TPSA) is 86.8 Å². The van der Waals surface area contributed by atoms with Crippen LogP contribution in [0.1, 0.15) is 31.9 Å². The molecule has 3 aromatic rings. The van der Waals surface area contributed by atoms with Crippen LogP contribution in [0, 0.1) is 11.6 Å². The SMILES string of the molecule is CC(C)(C)NC(=O)[C@@H](Cc1ccccc1)N(Cc1ccccc1F)C(=O)CN(c1ccccc1F)S(C)(=O)=O. The Bertz CT molecular complexity index is 1410. The van der Waals surface area contributed by atoms with Gasteiger partial charge in [-0.1, -0.05) is 60.7 Å². The largest absolute Gasteiger partial charge is 0.350 e. The van der Waals surface area contributed by atoms with Gasteiger partial charge in [-0.15, -0.1) is 0 Å². The Kier molecular flexibility index (Phi) is 9.45. The first kappa shape index (κ1) is 29.8. The van der Waals surface area contributed by atoms with Gasteiger partial charge in [0.15, 0.2) is 0 Å². The molecule has 10 heteroatoms. The highest BCUT2D eigenvalue weighted by atomic mass is 32.2. The molecule has 3 rings (SSSR count). The maximum Gasteiger partial charge on any atom is 0.244 e. The third-order valence-electron chi connectivity index (χ3n) is 5.87. The van der Waals surface area contributed by atoms with Crippen molar-refractivity contribution in [3.05, 3.63) is 102 Å². The van der Waals surface area contributed by atoms with Crippen molar-refractivity contribution in [2.45, 2.75) is 45.3 Å². The molecule has 0 heterocycles.